The quantitative estimate of drug-likeness (QED) is 0.673. The summed E-state index contributed by atoms with van der Waals surface area (Å²) in [5.41, 5.74) is 6.03. The van der Waals surface area contributed by atoms with Gasteiger partial charge in [0.15, 0.2) is 0 Å². The highest BCUT2D eigenvalue weighted by molar-refractivity contribution is 5.76. The van der Waals surface area contributed by atoms with Crippen molar-refractivity contribution >= 4 is 5.91 Å². The summed E-state index contributed by atoms with van der Waals surface area (Å²) in [6.45, 7) is 6.15. The van der Waals surface area contributed by atoms with Crippen molar-refractivity contribution in [2.45, 2.75) is 64.8 Å². The molecule has 0 saturated heterocycles. The maximum Gasteiger partial charge on any atom is 0.224 e. The molecule has 17 heavy (non-hydrogen) atoms. The molecule has 1 fully saturated rings. The Morgan fingerprint density at radius 3 is 2.18 bits per heavy atom. The maximum absolute atomic E-state index is 12.1. The van der Waals surface area contributed by atoms with Crippen LogP contribution < -0.4 is 5.73 Å². The van der Waals surface area contributed by atoms with Crippen molar-refractivity contribution in [2.75, 3.05) is 13.1 Å². The third kappa shape index (κ3) is 5.53. The van der Waals surface area contributed by atoms with Crippen molar-refractivity contribution in [3.63, 3.8) is 0 Å². The van der Waals surface area contributed by atoms with Gasteiger partial charge in [0.2, 0.25) is 5.91 Å². The number of nitrogens with zero attached hydrogens (tertiary/aromatic N) is 1. The lowest BCUT2D eigenvalue weighted by molar-refractivity contribution is -0.131. The van der Waals surface area contributed by atoms with Crippen LogP contribution >= 0.6 is 0 Å². The molecule has 2 N–H and O–H groups in total. The Bertz CT molecular complexity index is 218. The predicted octanol–water partition coefficient (Wildman–Crippen LogP) is 2.54. The number of unbranched alkanes of at least 4 members (excludes halogenated alkanes) is 2. The molecule has 0 bridgehead atoms. The van der Waals surface area contributed by atoms with Gasteiger partial charge in [-0.25, -0.2) is 0 Å². The molecule has 3 nitrogen and oxygen atoms in total. The van der Waals surface area contributed by atoms with Crippen LogP contribution in [-0.4, -0.2) is 29.9 Å². The van der Waals surface area contributed by atoms with Crippen LogP contribution in [0.4, 0.5) is 0 Å². The lowest BCUT2D eigenvalue weighted by atomic mass is 10.1. The summed E-state index contributed by atoms with van der Waals surface area (Å²) in [4.78, 5) is 14.2. The fourth-order valence-corrected chi connectivity index (χ4v) is 2.08. The molecular formula is C14H28N2O. The molecule has 0 radical (unpaired) electrons. The molecule has 0 aromatic heterocycles. The normalized spacial score (nSPS) is 16.9. The summed E-state index contributed by atoms with van der Waals surface area (Å²) >= 11 is 0. The smallest absolute Gasteiger partial charge is 0.224 e. The molecule has 1 unspecified atom stereocenters. The topological polar surface area (TPSA) is 46.3 Å². The molecule has 0 aromatic rings. The average molecular weight is 240 g/mol. The van der Waals surface area contributed by atoms with Crippen LogP contribution in [0.2, 0.25) is 0 Å². The second-order valence-corrected chi connectivity index (χ2v) is 5.29. The molecule has 0 aliphatic heterocycles. The van der Waals surface area contributed by atoms with E-state index in [1.807, 2.05) is 4.90 Å². The second kappa shape index (κ2) is 7.70. The van der Waals surface area contributed by atoms with Gasteiger partial charge in [-0.1, -0.05) is 26.7 Å². The van der Waals surface area contributed by atoms with E-state index in [9.17, 15) is 4.79 Å². The molecule has 1 aliphatic rings. The SMILES string of the molecule is CCCCN(CCCC)C(=O)CC(N)C1CC1. The summed E-state index contributed by atoms with van der Waals surface area (Å²) in [6, 6.07) is 0.105. The van der Waals surface area contributed by atoms with Gasteiger partial charge in [-0.2, -0.15) is 0 Å². The predicted molar refractivity (Wildman–Crippen MR) is 71.7 cm³/mol. The van der Waals surface area contributed by atoms with Gasteiger partial charge in [0.25, 0.3) is 0 Å². The van der Waals surface area contributed by atoms with Crippen LogP contribution in [0.3, 0.4) is 0 Å². The van der Waals surface area contributed by atoms with Crippen molar-refractivity contribution in [2.24, 2.45) is 11.7 Å². The van der Waals surface area contributed by atoms with Crippen LogP contribution in [0.25, 0.3) is 0 Å². The van der Waals surface area contributed by atoms with E-state index in [0.29, 0.717) is 12.3 Å². The fraction of sp³-hybridized carbons (Fsp3) is 0.929. The van der Waals surface area contributed by atoms with Crippen LogP contribution in [-0.2, 0) is 4.79 Å². The molecular weight excluding hydrogens is 212 g/mol. The van der Waals surface area contributed by atoms with Gasteiger partial charge in [0, 0.05) is 25.6 Å². The first-order valence-electron chi connectivity index (χ1n) is 7.22. The van der Waals surface area contributed by atoms with Gasteiger partial charge in [0.05, 0.1) is 0 Å². The standard InChI is InChI=1S/C14H28N2O/c1-3-5-9-16(10-6-4-2)14(17)11-13(15)12-7-8-12/h12-13H,3-11,15H2,1-2H3. The lowest BCUT2D eigenvalue weighted by Crippen LogP contribution is -2.37. The van der Waals surface area contributed by atoms with E-state index in [1.165, 1.54) is 12.8 Å². The summed E-state index contributed by atoms with van der Waals surface area (Å²) in [6.07, 6.45) is 7.49. The fourth-order valence-electron chi connectivity index (χ4n) is 2.08. The first kappa shape index (κ1) is 14.5. The Balaban J connectivity index is 2.33. The van der Waals surface area contributed by atoms with Crippen molar-refractivity contribution in [1.29, 1.82) is 0 Å². The third-order valence-corrected chi connectivity index (χ3v) is 3.55. The van der Waals surface area contributed by atoms with Crippen molar-refractivity contribution in [3.05, 3.63) is 0 Å². The molecule has 1 amide bonds. The lowest BCUT2D eigenvalue weighted by Gasteiger charge is -2.24. The van der Waals surface area contributed by atoms with E-state index in [1.54, 1.807) is 0 Å². The largest absolute Gasteiger partial charge is 0.343 e. The molecule has 100 valence electrons. The van der Waals surface area contributed by atoms with E-state index in [-0.39, 0.29) is 11.9 Å². The number of rotatable bonds is 9. The summed E-state index contributed by atoms with van der Waals surface area (Å²) in [7, 11) is 0. The Hall–Kier alpha value is -0.570. The minimum absolute atomic E-state index is 0.105. The zero-order valence-corrected chi connectivity index (χ0v) is 11.5. The van der Waals surface area contributed by atoms with Gasteiger partial charge in [-0.3, -0.25) is 4.79 Å². The molecule has 1 saturated carbocycles. The van der Waals surface area contributed by atoms with Gasteiger partial charge in [-0.05, 0) is 31.6 Å². The molecule has 0 spiro atoms. The summed E-state index contributed by atoms with van der Waals surface area (Å²) in [5.74, 6) is 0.893. The molecule has 1 atom stereocenters. The molecule has 0 aromatic carbocycles. The average Bonchev–Trinajstić information content (AvgIpc) is 3.12. The van der Waals surface area contributed by atoms with Gasteiger partial charge < -0.3 is 10.6 Å². The summed E-state index contributed by atoms with van der Waals surface area (Å²) in [5, 5.41) is 0. The highest BCUT2D eigenvalue weighted by atomic mass is 16.2. The van der Waals surface area contributed by atoms with Crippen LogP contribution in [0.15, 0.2) is 0 Å². The van der Waals surface area contributed by atoms with E-state index in [0.717, 1.165) is 38.8 Å². The maximum atomic E-state index is 12.1. The Morgan fingerprint density at radius 1 is 1.24 bits per heavy atom. The molecule has 1 aliphatic carbocycles. The van der Waals surface area contributed by atoms with Crippen molar-refractivity contribution in [1.82, 2.24) is 4.90 Å². The number of hydrogen-bond acceptors (Lipinski definition) is 2. The van der Waals surface area contributed by atoms with E-state index < -0.39 is 0 Å². The van der Waals surface area contributed by atoms with E-state index >= 15 is 0 Å². The number of amides is 1. The van der Waals surface area contributed by atoms with E-state index in [4.69, 9.17) is 5.73 Å². The zero-order chi connectivity index (χ0) is 12.7. The highest BCUT2D eigenvalue weighted by Gasteiger charge is 2.30. The van der Waals surface area contributed by atoms with E-state index in [2.05, 4.69) is 13.8 Å². The first-order valence-corrected chi connectivity index (χ1v) is 7.22. The minimum Gasteiger partial charge on any atom is -0.343 e. The van der Waals surface area contributed by atoms with Crippen LogP contribution in [0.5, 0.6) is 0 Å². The minimum atomic E-state index is 0.105. The van der Waals surface area contributed by atoms with Gasteiger partial charge in [-0.15, -0.1) is 0 Å². The second-order valence-electron chi connectivity index (χ2n) is 5.29. The van der Waals surface area contributed by atoms with Crippen molar-refractivity contribution < 1.29 is 4.79 Å². The molecule has 0 heterocycles. The van der Waals surface area contributed by atoms with Crippen LogP contribution in [0.1, 0.15) is 58.8 Å². The zero-order valence-electron chi connectivity index (χ0n) is 11.5. The first-order chi connectivity index (χ1) is 8.19. The summed E-state index contributed by atoms with van der Waals surface area (Å²) < 4.78 is 0. The number of carbonyl (C=O) groups is 1. The number of carbonyl (C=O) groups excluding carboxylic acids is 1. The Labute approximate surface area is 106 Å². The van der Waals surface area contributed by atoms with Crippen LogP contribution in [0, 0.1) is 5.92 Å². The van der Waals surface area contributed by atoms with Crippen molar-refractivity contribution in [3.8, 4) is 0 Å². The Morgan fingerprint density at radius 2 is 1.76 bits per heavy atom. The third-order valence-electron chi connectivity index (χ3n) is 3.55. The number of nitrogens with two attached hydrogens (primary N) is 1. The highest BCUT2D eigenvalue weighted by Crippen LogP contribution is 2.33. The monoisotopic (exact) mass is 240 g/mol. The molecule has 3 heteroatoms. The number of hydrogen-bond donors (Lipinski definition) is 1. The molecule has 1 rings (SSSR count). The van der Waals surface area contributed by atoms with Gasteiger partial charge in [0.1, 0.15) is 0 Å². The van der Waals surface area contributed by atoms with Gasteiger partial charge >= 0.3 is 0 Å². The Kier molecular flexibility index (Phi) is 6.56.